The van der Waals surface area contributed by atoms with Crippen molar-refractivity contribution in [3.05, 3.63) is 17.7 Å². The van der Waals surface area contributed by atoms with E-state index < -0.39 is 35.9 Å². The highest BCUT2D eigenvalue weighted by atomic mass is 19.4. The molecule has 1 atom stereocenters. The molecule has 90 valence electrons. The summed E-state index contributed by atoms with van der Waals surface area (Å²) in [5.74, 6) is -2.34. The molecule has 0 amide bonds. The molecule has 1 rings (SSSR count). The van der Waals surface area contributed by atoms with Gasteiger partial charge in [0, 0.05) is 11.6 Å². The van der Waals surface area contributed by atoms with E-state index in [1.165, 1.54) is 0 Å². The minimum atomic E-state index is -4.47. The topological polar surface area (TPSA) is 86.7 Å². The number of alkyl halides is 3. The van der Waals surface area contributed by atoms with Crippen molar-refractivity contribution in [2.24, 2.45) is 5.73 Å². The Morgan fingerprint density at radius 3 is 2.19 bits per heavy atom. The Labute approximate surface area is 88.7 Å². The minimum absolute atomic E-state index is 0.271. The van der Waals surface area contributed by atoms with Crippen LogP contribution in [0.15, 0.2) is 12.1 Å². The maximum absolute atomic E-state index is 12.0. The Hall–Kier alpha value is -1.63. The average Bonchev–Trinajstić information content (AvgIpc) is 2.11. The van der Waals surface area contributed by atoms with Gasteiger partial charge in [0.2, 0.25) is 5.75 Å². The van der Waals surface area contributed by atoms with E-state index in [1.807, 2.05) is 0 Å². The van der Waals surface area contributed by atoms with Crippen molar-refractivity contribution in [2.75, 3.05) is 0 Å². The van der Waals surface area contributed by atoms with Crippen molar-refractivity contribution in [1.29, 1.82) is 0 Å². The smallest absolute Gasteiger partial charge is 0.390 e. The van der Waals surface area contributed by atoms with Gasteiger partial charge in [-0.25, -0.2) is 0 Å². The van der Waals surface area contributed by atoms with Gasteiger partial charge in [-0.3, -0.25) is 0 Å². The van der Waals surface area contributed by atoms with Crippen LogP contribution in [0.25, 0.3) is 0 Å². The molecule has 0 heterocycles. The summed E-state index contributed by atoms with van der Waals surface area (Å²) in [5.41, 5.74) is 4.96. The summed E-state index contributed by atoms with van der Waals surface area (Å²) < 4.78 is 36.1. The van der Waals surface area contributed by atoms with Crippen molar-refractivity contribution in [3.8, 4) is 17.2 Å². The van der Waals surface area contributed by atoms with Crippen molar-refractivity contribution < 1.29 is 28.5 Å². The van der Waals surface area contributed by atoms with Crippen LogP contribution in [0.5, 0.6) is 17.2 Å². The summed E-state index contributed by atoms with van der Waals surface area (Å²) >= 11 is 0. The molecule has 1 aromatic carbocycles. The van der Waals surface area contributed by atoms with Gasteiger partial charge in [0.25, 0.3) is 0 Å². The zero-order chi connectivity index (χ0) is 12.5. The van der Waals surface area contributed by atoms with Crippen LogP contribution < -0.4 is 5.73 Å². The molecule has 1 aromatic rings. The first kappa shape index (κ1) is 12.4. The average molecular weight is 237 g/mol. The fraction of sp³-hybridized carbons (Fsp3) is 0.333. The third-order valence-corrected chi connectivity index (χ3v) is 2.01. The first-order chi connectivity index (χ1) is 7.22. The molecule has 0 spiro atoms. The fourth-order valence-corrected chi connectivity index (χ4v) is 1.24. The predicted molar refractivity (Wildman–Crippen MR) is 49.0 cm³/mol. The van der Waals surface area contributed by atoms with Gasteiger partial charge < -0.3 is 21.1 Å². The monoisotopic (exact) mass is 237 g/mol. The second kappa shape index (κ2) is 4.09. The van der Waals surface area contributed by atoms with Crippen LogP contribution in [-0.4, -0.2) is 21.5 Å². The summed E-state index contributed by atoms with van der Waals surface area (Å²) in [6.45, 7) is 0. The number of hydrogen-bond acceptors (Lipinski definition) is 4. The Balaban J connectivity index is 3.01. The van der Waals surface area contributed by atoms with E-state index in [4.69, 9.17) is 15.9 Å². The number of benzene rings is 1. The zero-order valence-electron chi connectivity index (χ0n) is 7.99. The molecule has 0 aliphatic carbocycles. The highest BCUT2D eigenvalue weighted by Gasteiger charge is 2.32. The standard InChI is InChI=1S/C9H10F3NO3/c10-9(11,12)3-5(13)4-1-2-6(14)8(16)7(4)15/h1-2,5,14-16H,3,13H2/t5-/m0/s1. The van der Waals surface area contributed by atoms with Crippen molar-refractivity contribution in [3.63, 3.8) is 0 Å². The lowest BCUT2D eigenvalue weighted by atomic mass is 10.0. The molecule has 0 unspecified atom stereocenters. The van der Waals surface area contributed by atoms with Gasteiger partial charge in [0.15, 0.2) is 11.5 Å². The summed E-state index contributed by atoms with van der Waals surface area (Å²) in [5, 5.41) is 27.4. The van der Waals surface area contributed by atoms with E-state index in [-0.39, 0.29) is 5.56 Å². The van der Waals surface area contributed by atoms with Gasteiger partial charge in [-0.2, -0.15) is 13.2 Å². The molecule has 0 saturated heterocycles. The minimum Gasteiger partial charge on any atom is -0.504 e. The van der Waals surface area contributed by atoms with E-state index in [9.17, 15) is 18.3 Å². The van der Waals surface area contributed by atoms with E-state index in [1.54, 1.807) is 0 Å². The van der Waals surface area contributed by atoms with Gasteiger partial charge in [-0.1, -0.05) is 0 Å². The van der Waals surface area contributed by atoms with E-state index in [0.717, 1.165) is 12.1 Å². The first-order valence-electron chi connectivity index (χ1n) is 4.28. The Bertz CT molecular complexity index is 392. The lowest BCUT2D eigenvalue weighted by Gasteiger charge is -2.16. The van der Waals surface area contributed by atoms with Gasteiger partial charge in [-0.05, 0) is 12.1 Å². The maximum Gasteiger partial charge on any atom is 0.390 e. The van der Waals surface area contributed by atoms with Gasteiger partial charge in [0.05, 0.1) is 6.42 Å². The fourth-order valence-electron chi connectivity index (χ4n) is 1.24. The lowest BCUT2D eigenvalue weighted by molar-refractivity contribution is -0.138. The molecule has 7 heteroatoms. The lowest BCUT2D eigenvalue weighted by Crippen LogP contribution is -2.20. The summed E-state index contributed by atoms with van der Waals surface area (Å²) in [6.07, 6.45) is -5.80. The molecule has 0 bridgehead atoms. The highest BCUT2D eigenvalue weighted by Crippen LogP contribution is 2.41. The first-order valence-corrected chi connectivity index (χ1v) is 4.28. The van der Waals surface area contributed by atoms with Crippen LogP contribution in [0.1, 0.15) is 18.0 Å². The maximum atomic E-state index is 12.0. The second-order valence-corrected chi connectivity index (χ2v) is 3.30. The number of rotatable bonds is 2. The van der Waals surface area contributed by atoms with Gasteiger partial charge in [0.1, 0.15) is 0 Å². The molecule has 4 nitrogen and oxygen atoms in total. The number of phenolic OH excluding ortho intramolecular Hbond substituents is 3. The molecule has 0 radical (unpaired) electrons. The summed E-state index contributed by atoms with van der Waals surface area (Å²) in [4.78, 5) is 0. The predicted octanol–water partition coefficient (Wildman–Crippen LogP) is 1.76. The van der Waals surface area contributed by atoms with Crippen LogP contribution in [0, 0.1) is 0 Å². The van der Waals surface area contributed by atoms with Crippen molar-refractivity contribution in [1.82, 2.24) is 0 Å². The Kier molecular flexibility index (Phi) is 3.18. The van der Waals surface area contributed by atoms with Crippen LogP contribution in [0.4, 0.5) is 13.2 Å². The van der Waals surface area contributed by atoms with Crippen molar-refractivity contribution in [2.45, 2.75) is 18.6 Å². The van der Waals surface area contributed by atoms with Crippen molar-refractivity contribution >= 4 is 0 Å². The van der Waals surface area contributed by atoms with E-state index >= 15 is 0 Å². The summed E-state index contributed by atoms with van der Waals surface area (Å²) in [7, 11) is 0. The number of aromatic hydroxyl groups is 3. The number of hydrogen-bond donors (Lipinski definition) is 4. The Morgan fingerprint density at radius 2 is 1.69 bits per heavy atom. The Morgan fingerprint density at radius 1 is 1.12 bits per heavy atom. The third kappa shape index (κ3) is 2.69. The van der Waals surface area contributed by atoms with Crippen LogP contribution >= 0.6 is 0 Å². The second-order valence-electron chi connectivity index (χ2n) is 3.30. The third-order valence-electron chi connectivity index (χ3n) is 2.01. The molecule has 0 fully saturated rings. The highest BCUT2D eigenvalue weighted by molar-refractivity contribution is 5.54. The van der Waals surface area contributed by atoms with Gasteiger partial charge in [-0.15, -0.1) is 0 Å². The zero-order valence-corrected chi connectivity index (χ0v) is 7.99. The molecule has 0 aliphatic rings. The molecule has 0 saturated carbocycles. The molecule has 0 aromatic heterocycles. The summed E-state index contributed by atoms with van der Waals surface area (Å²) in [6, 6.07) is 0.494. The largest absolute Gasteiger partial charge is 0.504 e. The van der Waals surface area contributed by atoms with Crippen LogP contribution in [-0.2, 0) is 0 Å². The molecule has 16 heavy (non-hydrogen) atoms. The van der Waals surface area contributed by atoms with E-state index in [2.05, 4.69) is 0 Å². The molecular formula is C9H10F3NO3. The SMILES string of the molecule is N[C@@H](CC(F)(F)F)c1ccc(O)c(O)c1O. The van der Waals surface area contributed by atoms with Crippen LogP contribution in [0.2, 0.25) is 0 Å². The van der Waals surface area contributed by atoms with Crippen LogP contribution in [0.3, 0.4) is 0 Å². The van der Waals surface area contributed by atoms with Gasteiger partial charge >= 0.3 is 6.18 Å². The molecule has 0 aliphatic heterocycles. The number of halogens is 3. The number of phenols is 3. The normalized spacial score (nSPS) is 13.8. The quantitative estimate of drug-likeness (QED) is 0.590. The molecule has 5 N–H and O–H groups in total. The van der Waals surface area contributed by atoms with E-state index in [0.29, 0.717) is 0 Å². The number of nitrogens with two attached hydrogens (primary N) is 1. The molecular weight excluding hydrogens is 227 g/mol.